The van der Waals surface area contributed by atoms with Crippen LogP contribution in [0.15, 0.2) is 48.5 Å². The van der Waals surface area contributed by atoms with Crippen LogP contribution in [0.2, 0.25) is 0 Å². The van der Waals surface area contributed by atoms with Gasteiger partial charge < -0.3 is 5.11 Å². The molecule has 0 saturated carbocycles. The molecule has 0 atom stereocenters. The SMILES string of the molecule is CC(C)(C)c1ccc(/C=C/c2nc(-c3ccccc3O)n[nH]2)cc1. The molecule has 0 radical (unpaired) electrons. The summed E-state index contributed by atoms with van der Waals surface area (Å²) in [4.78, 5) is 4.40. The molecule has 122 valence electrons. The zero-order chi connectivity index (χ0) is 17.2. The summed E-state index contributed by atoms with van der Waals surface area (Å²) < 4.78 is 0. The fraction of sp³-hybridized carbons (Fsp3) is 0.200. The highest BCUT2D eigenvalue weighted by Crippen LogP contribution is 2.26. The lowest BCUT2D eigenvalue weighted by Gasteiger charge is -2.18. The van der Waals surface area contributed by atoms with Gasteiger partial charge in [-0.15, -0.1) is 0 Å². The van der Waals surface area contributed by atoms with E-state index in [1.54, 1.807) is 18.2 Å². The van der Waals surface area contributed by atoms with Crippen molar-refractivity contribution in [3.05, 3.63) is 65.5 Å². The third kappa shape index (κ3) is 3.54. The first-order valence-electron chi connectivity index (χ1n) is 7.93. The average Bonchev–Trinajstić information content (AvgIpc) is 3.02. The van der Waals surface area contributed by atoms with Gasteiger partial charge >= 0.3 is 0 Å². The van der Waals surface area contributed by atoms with E-state index in [9.17, 15) is 5.11 Å². The Kier molecular flexibility index (Phi) is 4.21. The molecule has 0 aliphatic carbocycles. The molecule has 4 heteroatoms. The number of phenols is 1. The molecule has 1 aromatic heterocycles. The van der Waals surface area contributed by atoms with Gasteiger partial charge in [-0.3, -0.25) is 5.10 Å². The topological polar surface area (TPSA) is 61.8 Å². The van der Waals surface area contributed by atoms with Gasteiger partial charge in [-0.05, 0) is 34.8 Å². The number of nitrogens with zero attached hydrogens (tertiary/aromatic N) is 2. The molecule has 24 heavy (non-hydrogen) atoms. The second-order valence-corrected chi connectivity index (χ2v) is 6.77. The summed E-state index contributed by atoms with van der Waals surface area (Å²) in [6.45, 7) is 6.60. The number of para-hydroxylation sites is 1. The Morgan fingerprint density at radius 2 is 1.67 bits per heavy atom. The highest BCUT2D eigenvalue weighted by atomic mass is 16.3. The quantitative estimate of drug-likeness (QED) is 0.739. The van der Waals surface area contributed by atoms with Gasteiger partial charge in [0.1, 0.15) is 11.6 Å². The van der Waals surface area contributed by atoms with Crippen molar-refractivity contribution in [1.29, 1.82) is 0 Å². The molecule has 2 N–H and O–H groups in total. The fourth-order valence-corrected chi connectivity index (χ4v) is 2.40. The van der Waals surface area contributed by atoms with Gasteiger partial charge in [-0.25, -0.2) is 4.98 Å². The molecule has 0 aliphatic heterocycles. The predicted molar refractivity (Wildman–Crippen MR) is 97.6 cm³/mol. The Bertz CT molecular complexity index is 855. The van der Waals surface area contributed by atoms with Crippen LogP contribution in [0.3, 0.4) is 0 Å². The Morgan fingerprint density at radius 3 is 2.33 bits per heavy atom. The molecule has 0 amide bonds. The van der Waals surface area contributed by atoms with Crippen LogP contribution in [0, 0.1) is 0 Å². The second kappa shape index (κ2) is 6.32. The molecule has 3 rings (SSSR count). The molecular formula is C20H21N3O. The van der Waals surface area contributed by atoms with E-state index in [0.717, 1.165) is 5.56 Å². The van der Waals surface area contributed by atoms with Crippen LogP contribution in [0.1, 0.15) is 37.7 Å². The smallest absolute Gasteiger partial charge is 0.185 e. The number of H-pyrrole nitrogens is 1. The summed E-state index contributed by atoms with van der Waals surface area (Å²) in [6, 6.07) is 15.5. The zero-order valence-corrected chi connectivity index (χ0v) is 14.1. The second-order valence-electron chi connectivity index (χ2n) is 6.77. The van der Waals surface area contributed by atoms with Crippen molar-refractivity contribution < 1.29 is 5.11 Å². The van der Waals surface area contributed by atoms with Crippen LogP contribution >= 0.6 is 0 Å². The first-order chi connectivity index (χ1) is 11.4. The monoisotopic (exact) mass is 319 g/mol. The molecule has 3 aromatic rings. The number of phenolic OH excluding ortho intramolecular Hbond substituents is 1. The van der Waals surface area contributed by atoms with Crippen molar-refractivity contribution in [2.75, 3.05) is 0 Å². The van der Waals surface area contributed by atoms with E-state index >= 15 is 0 Å². The number of aromatic amines is 1. The zero-order valence-electron chi connectivity index (χ0n) is 14.1. The van der Waals surface area contributed by atoms with Gasteiger partial charge in [0.05, 0.1) is 5.56 Å². The van der Waals surface area contributed by atoms with Crippen LogP contribution in [-0.2, 0) is 5.41 Å². The summed E-state index contributed by atoms with van der Waals surface area (Å²) >= 11 is 0. The molecule has 1 heterocycles. The third-order valence-electron chi connectivity index (χ3n) is 3.86. The van der Waals surface area contributed by atoms with Gasteiger partial charge in [-0.2, -0.15) is 5.10 Å². The maximum absolute atomic E-state index is 9.86. The van der Waals surface area contributed by atoms with Crippen molar-refractivity contribution in [3.63, 3.8) is 0 Å². The minimum atomic E-state index is 0.153. The highest BCUT2D eigenvalue weighted by Gasteiger charge is 2.12. The van der Waals surface area contributed by atoms with Crippen LogP contribution in [-0.4, -0.2) is 20.3 Å². The van der Waals surface area contributed by atoms with E-state index in [0.29, 0.717) is 17.2 Å². The molecule has 0 aliphatic rings. The van der Waals surface area contributed by atoms with Crippen molar-refractivity contribution in [2.45, 2.75) is 26.2 Å². The lowest BCUT2D eigenvalue weighted by atomic mass is 9.87. The summed E-state index contributed by atoms with van der Waals surface area (Å²) in [5.41, 5.74) is 3.17. The Balaban J connectivity index is 1.77. The van der Waals surface area contributed by atoms with E-state index in [1.807, 2.05) is 18.2 Å². The van der Waals surface area contributed by atoms with Crippen molar-refractivity contribution >= 4 is 12.2 Å². The van der Waals surface area contributed by atoms with E-state index in [4.69, 9.17) is 0 Å². The van der Waals surface area contributed by atoms with E-state index in [2.05, 4.69) is 60.2 Å². The predicted octanol–water partition coefficient (Wildman–Crippen LogP) is 4.65. The third-order valence-corrected chi connectivity index (χ3v) is 3.86. The standard InChI is InChI=1S/C20H21N3O/c1-20(2,3)15-11-8-14(9-12-15)10-13-18-21-19(23-22-18)16-6-4-5-7-17(16)24/h4-13,24H,1-3H3,(H,21,22,23)/b13-10+. The largest absolute Gasteiger partial charge is 0.507 e. The first-order valence-corrected chi connectivity index (χ1v) is 7.93. The Labute approximate surface area is 141 Å². The molecular weight excluding hydrogens is 298 g/mol. The number of hydrogen-bond acceptors (Lipinski definition) is 3. The summed E-state index contributed by atoms with van der Waals surface area (Å²) in [7, 11) is 0. The van der Waals surface area contributed by atoms with Crippen molar-refractivity contribution in [1.82, 2.24) is 15.2 Å². The van der Waals surface area contributed by atoms with E-state index in [-0.39, 0.29) is 11.2 Å². The number of hydrogen-bond donors (Lipinski definition) is 2. The van der Waals surface area contributed by atoms with Gasteiger partial charge in [0, 0.05) is 0 Å². The van der Waals surface area contributed by atoms with Crippen LogP contribution in [0.4, 0.5) is 0 Å². The van der Waals surface area contributed by atoms with E-state index in [1.165, 1.54) is 5.56 Å². The molecule has 0 bridgehead atoms. The highest BCUT2D eigenvalue weighted by molar-refractivity contribution is 5.69. The first kappa shape index (κ1) is 16.0. The number of aromatic hydroxyl groups is 1. The number of benzene rings is 2. The minimum Gasteiger partial charge on any atom is -0.507 e. The molecule has 0 saturated heterocycles. The minimum absolute atomic E-state index is 0.153. The normalized spacial score (nSPS) is 12.0. The molecule has 0 spiro atoms. The summed E-state index contributed by atoms with van der Waals surface area (Å²) in [6.07, 6.45) is 3.87. The van der Waals surface area contributed by atoms with Gasteiger partial charge in [-0.1, -0.05) is 63.2 Å². The van der Waals surface area contributed by atoms with E-state index < -0.39 is 0 Å². The van der Waals surface area contributed by atoms with Gasteiger partial charge in [0.25, 0.3) is 0 Å². The van der Waals surface area contributed by atoms with Crippen LogP contribution < -0.4 is 0 Å². The molecule has 4 nitrogen and oxygen atoms in total. The molecule has 0 unspecified atom stereocenters. The van der Waals surface area contributed by atoms with Crippen molar-refractivity contribution in [3.8, 4) is 17.1 Å². The van der Waals surface area contributed by atoms with Gasteiger partial charge in [0.2, 0.25) is 0 Å². The van der Waals surface area contributed by atoms with Crippen LogP contribution in [0.25, 0.3) is 23.5 Å². The molecule has 2 aromatic carbocycles. The Morgan fingerprint density at radius 1 is 0.958 bits per heavy atom. The lowest BCUT2D eigenvalue weighted by Crippen LogP contribution is -2.10. The fourth-order valence-electron chi connectivity index (χ4n) is 2.40. The Hall–Kier alpha value is -2.88. The maximum Gasteiger partial charge on any atom is 0.185 e. The number of rotatable bonds is 3. The maximum atomic E-state index is 9.86. The number of aromatic nitrogens is 3. The van der Waals surface area contributed by atoms with Crippen molar-refractivity contribution in [2.24, 2.45) is 0 Å². The average molecular weight is 319 g/mol. The summed E-state index contributed by atoms with van der Waals surface area (Å²) in [5.74, 6) is 1.30. The lowest BCUT2D eigenvalue weighted by molar-refractivity contribution is 0.477. The van der Waals surface area contributed by atoms with Gasteiger partial charge in [0.15, 0.2) is 5.82 Å². The summed E-state index contributed by atoms with van der Waals surface area (Å²) in [5, 5.41) is 16.9. The van der Waals surface area contributed by atoms with Crippen LogP contribution in [0.5, 0.6) is 5.75 Å². The molecule has 0 fully saturated rings. The number of nitrogens with one attached hydrogen (secondary N) is 1.